The average molecular weight is 567 g/mol. The van der Waals surface area contributed by atoms with Crippen molar-refractivity contribution >= 4 is 49.8 Å². The number of rotatable bonds is 5. The van der Waals surface area contributed by atoms with Gasteiger partial charge in [0.05, 0.1) is 34.1 Å². The summed E-state index contributed by atoms with van der Waals surface area (Å²) in [6, 6.07) is 18.0. The van der Waals surface area contributed by atoms with Crippen molar-refractivity contribution in [1.29, 1.82) is 0 Å². The number of benzene rings is 2. The predicted molar refractivity (Wildman–Crippen MR) is 161 cm³/mol. The van der Waals surface area contributed by atoms with Gasteiger partial charge in [-0.1, -0.05) is 62.4 Å². The molecule has 0 saturated carbocycles. The number of anilines is 1. The highest BCUT2D eigenvalue weighted by Crippen LogP contribution is 2.45. The number of aryl methyl sites for hydroxylation is 1. The zero-order chi connectivity index (χ0) is 29.1. The van der Waals surface area contributed by atoms with E-state index in [1.54, 1.807) is 17.5 Å². The SMILES string of the molecule is CCOc1ccc2nc(N3C(=O)C(=O)/C(=C(/O)c4c(C)nc5ccccn45)C3c3ccc(C(C)(C)C)cc3)sc2c1. The number of pyridine rings is 1. The molecule has 8 nitrogen and oxygen atoms in total. The fourth-order valence-electron chi connectivity index (χ4n) is 5.29. The summed E-state index contributed by atoms with van der Waals surface area (Å²) < 4.78 is 8.20. The van der Waals surface area contributed by atoms with Crippen LogP contribution in [0.1, 0.15) is 56.3 Å². The van der Waals surface area contributed by atoms with E-state index in [-0.39, 0.29) is 16.7 Å². The Kier molecular flexibility index (Phi) is 6.42. The van der Waals surface area contributed by atoms with Gasteiger partial charge >= 0.3 is 5.91 Å². The third-order valence-electron chi connectivity index (χ3n) is 7.33. The minimum atomic E-state index is -0.885. The lowest BCUT2D eigenvalue weighted by Crippen LogP contribution is -2.29. The van der Waals surface area contributed by atoms with Gasteiger partial charge in [0.25, 0.3) is 5.78 Å². The van der Waals surface area contributed by atoms with E-state index < -0.39 is 17.7 Å². The van der Waals surface area contributed by atoms with Crippen molar-refractivity contribution in [2.45, 2.75) is 46.1 Å². The molecule has 1 unspecified atom stereocenters. The van der Waals surface area contributed by atoms with Crippen LogP contribution in [0.4, 0.5) is 5.13 Å². The van der Waals surface area contributed by atoms with Gasteiger partial charge in [0, 0.05) is 6.20 Å². The Balaban J connectivity index is 1.57. The molecule has 3 aromatic heterocycles. The maximum atomic E-state index is 13.8. The molecule has 9 heteroatoms. The first-order chi connectivity index (χ1) is 19.6. The molecule has 5 aromatic rings. The molecule has 0 radical (unpaired) electrons. The molecule has 4 heterocycles. The summed E-state index contributed by atoms with van der Waals surface area (Å²) in [6.45, 7) is 10.6. The van der Waals surface area contributed by atoms with E-state index in [1.807, 2.05) is 67.6 Å². The monoisotopic (exact) mass is 566 g/mol. The molecule has 1 N–H and O–H groups in total. The van der Waals surface area contributed by atoms with Gasteiger partial charge in [0.1, 0.15) is 17.1 Å². The van der Waals surface area contributed by atoms with E-state index >= 15 is 0 Å². The van der Waals surface area contributed by atoms with Crippen LogP contribution in [0.5, 0.6) is 5.75 Å². The Morgan fingerprint density at radius 2 is 1.80 bits per heavy atom. The number of nitrogens with zero attached hydrogens (tertiary/aromatic N) is 4. The van der Waals surface area contributed by atoms with Crippen molar-refractivity contribution in [3.8, 4) is 5.75 Å². The first kappa shape index (κ1) is 26.7. The van der Waals surface area contributed by atoms with Crippen LogP contribution in [0.25, 0.3) is 21.6 Å². The smallest absolute Gasteiger partial charge is 0.301 e. The van der Waals surface area contributed by atoms with Crippen molar-refractivity contribution < 1.29 is 19.4 Å². The second-order valence-corrected chi connectivity index (χ2v) is 12.1. The molecular formula is C32H30N4O4S. The zero-order valence-electron chi connectivity index (χ0n) is 23.5. The summed E-state index contributed by atoms with van der Waals surface area (Å²) in [6.07, 6.45) is 1.77. The molecule has 0 aliphatic carbocycles. The van der Waals surface area contributed by atoms with E-state index in [1.165, 1.54) is 16.2 Å². The highest BCUT2D eigenvalue weighted by atomic mass is 32.1. The first-order valence-corrected chi connectivity index (χ1v) is 14.3. The van der Waals surface area contributed by atoms with Crippen LogP contribution in [0, 0.1) is 6.92 Å². The molecule has 0 bridgehead atoms. The maximum Gasteiger partial charge on any atom is 0.301 e. The Morgan fingerprint density at radius 1 is 1.05 bits per heavy atom. The third kappa shape index (κ3) is 4.46. The molecule has 6 rings (SSSR count). The molecule has 1 aliphatic heterocycles. The normalized spacial score (nSPS) is 17.2. The second-order valence-electron chi connectivity index (χ2n) is 11.1. The molecule has 1 aliphatic rings. The summed E-state index contributed by atoms with van der Waals surface area (Å²) in [5, 5.41) is 12.1. The number of carbonyl (C=O) groups is 2. The number of carbonyl (C=O) groups excluding carboxylic acids is 2. The molecule has 208 valence electrons. The Bertz CT molecular complexity index is 1860. The number of Topliss-reactive ketones (excluding diaryl/α,β-unsaturated/α-hetero) is 1. The molecule has 1 fully saturated rings. The summed E-state index contributed by atoms with van der Waals surface area (Å²) in [5.41, 5.74) is 3.96. The van der Waals surface area contributed by atoms with Crippen molar-refractivity contribution in [3.05, 3.63) is 94.9 Å². The standard InChI is InChI=1S/C32H30N4O4S/c1-6-40-21-14-15-22-23(17-21)41-31(34-22)36-27(19-10-12-20(13-11-19)32(3,4)5)25(29(38)30(36)39)28(37)26-18(2)33-24-9-7-8-16-35(24)26/h7-17,27,37H,6H2,1-5H3/b28-25+. The number of fused-ring (bicyclic) bond motifs is 2. The van der Waals surface area contributed by atoms with E-state index in [9.17, 15) is 14.7 Å². The van der Waals surface area contributed by atoms with Gasteiger partial charge in [0.15, 0.2) is 10.9 Å². The highest BCUT2D eigenvalue weighted by Gasteiger charge is 2.48. The van der Waals surface area contributed by atoms with Crippen molar-refractivity contribution in [2.24, 2.45) is 0 Å². The number of amides is 1. The summed E-state index contributed by atoms with van der Waals surface area (Å²) in [5.74, 6) is -1.08. The Labute approximate surface area is 241 Å². The molecule has 0 spiro atoms. The van der Waals surface area contributed by atoms with Crippen LogP contribution >= 0.6 is 11.3 Å². The number of imidazole rings is 1. The molecule has 41 heavy (non-hydrogen) atoms. The molecule has 1 atom stereocenters. The van der Waals surface area contributed by atoms with Gasteiger partial charge in [-0.15, -0.1) is 0 Å². The van der Waals surface area contributed by atoms with Crippen LogP contribution < -0.4 is 9.64 Å². The van der Waals surface area contributed by atoms with Gasteiger partial charge in [-0.3, -0.25) is 18.9 Å². The van der Waals surface area contributed by atoms with Crippen LogP contribution in [0.15, 0.2) is 72.4 Å². The fraction of sp³-hybridized carbons (Fsp3) is 0.250. The van der Waals surface area contributed by atoms with E-state index in [4.69, 9.17) is 9.72 Å². The van der Waals surface area contributed by atoms with Gasteiger partial charge < -0.3 is 9.84 Å². The third-order valence-corrected chi connectivity index (χ3v) is 8.35. The number of ether oxygens (including phenoxy) is 1. The lowest BCUT2D eigenvalue weighted by molar-refractivity contribution is -0.132. The lowest BCUT2D eigenvalue weighted by atomic mass is 9.85. The molecular weight excluding hydrogens is 536 g/mol. The van der Waals surface area contributed by atoms with Crippen LogP contribution in [-0.2, 0) is 15.0 Å². The summed E-state index contributed by atoms with van der Waals surface area (Å²) in [4.78, 5) is 38.2. The summed E-state index contributed by atoms with van der Waals surface area (Å²) in [7, 11) is 0. The molecule has 2 aromatic carbocycles. The van der Waals surface area contributed by atoms with E-state index in [0.717, 1.165) is 10.3 Å². The number of thiazole rings is 1. The predicted octanol–water partition coefficient (Wildman–Crippen LogP) is 6.57. The lowest BCUT2D eigenvalue weighted by Gasteiger charge is -2.24. The zero-order valence-corrected chi connectivity index (χ0v) is 24.3. The average Bonchev–Trinajstić information content (AvgIpc) is 3.58. The minimum absolute atomic E-state index is 0.00141. The highest BCUT2D eigenvalue weighted by molar-refractivity contribution is 7.22. The van der Waals surface area contributed by atoms with Gasteiger partial charge in [0.2, 0.25) is 0 Å². The number of ketones is 1. The van der Waals surface area contributed by atoms with Crippen LogP contribution in [0.3, 0.4) is 0 Å². The quantitative estimate of drug-likeness (QED) is 0.147. The minimum Gasteiger partial charge on any atom is -0.505 e. The van der Waals surface area contributed by atoms with Gasteiger partial charge in [-0.2, -0.15) is 0 Å². The van der Waals surface area contributed by atoms with Gasteiger partial charge in [-0.05, 0) is 60.7 Å². The number of aliphatic hydroxyl groups is 1. The first-order valence-electron chi connectivity index (χ1n) is 13.5. The van der Waals surface area contributed by atoms with Gasteiger partial charge in [-0.25, -0.2) is 9.97 Å². The Morgan fingerprint density at radius 3 is 2.51 bits per heavy atom. The molecule has 1 saturated heterocycles. The largest absolute Gasteiger partial charge is 0.505 e. The van der Waals surface area contributed by atoms with Crippen LogP contribution in [-0.4, -0.2) is 37.8 Å². The Hall–Kier alpha value is -4.50. The maximum absolute atomic E-state index is 13.8. The summed E-state index contributed by atoms with van der Waals surface area (Å²) >= 11 is 1.30. The van der Waals surface area contributed by atoms with Crippen molar-refractivity contribution in [1.82, 2.24) is 14.4 Å². The van der Waals surface area contributed by atoms with E-state index in [2.05, 4.69) is 25.8 Å². The second kappa shape index (κ2) is 9.85. The number of hydrogen-bond acceptors (Lipinski definition) is 7. The topological polar surface area (TPSA) is 97.0 Å². The number of aromatic nitrogens is 3. The van der Waals surface area contributed by atoms with Crippen molar-refractivity contribution in [3.63, 3.8) is 0 Å². The van der Waals surface area contributed by atoms with Crippen molar-refractivity contribution in [2.75, 3.05) is 11.5 Å². The van der Waals surface area contributed by atoms with E-state index in [0.29, 0.717) is 45.6 Å². The number of aliphatic hydroxyl groups excluding tert-OH is 1. The molecule has 1 amide bonds. The van der Waals surface area contributed by atoms with Crippen LogP contribution in [0.2, 0.25) is 0 Å². The fourth-order valence-corrected chi connectivity index (χ4v) is 6.31. The number of hydrogen-bond donors (Lipinski definition) is 1.